The lowest BCUT2D eigenvalue weighted by molar-refractivity contribution is 0.0464. The molecule has 1 aliphatic rings. The molecular formula is C13H18BrNO. The second-order valence-electron chi connectivity index (χ2n) is 4.38. The fraction of sp³-hybridized carbons (Fsp3) is 0.538. The molecule has 1 aromatic carbocycles. The van der Waals surface area contributed by atoms with Gasteiger partial charge >= 0.3 is 0 Å². The lowest BCUT2D eigenvalue weighted by Crippen LogP contribution is -2.20. The highest BCUT2D eigenvalue weighted by Gasteiger charge is 2.23. The summed E-state index contributed by atoms with van der Waals surface area (Å²) in [5.74, 6) is 0.812. The smallest absolute Gasteiger partial charge is 0.0949 e. The average molecular weight is 284 g/mol. The van der Waals surface area contributed by atoms with Crippen molar-refractivity contribution in [1.29, 1.82) is 0 Å². The molecule has 2 rings (SSSR count). The summed E-state index contributed by atoms with van der Waals surface area (Å²) in [6.07, 6.45) is 2.85. The van der Waals surface area contributed by atoms with Gasteiger partial charge in [0.05, 0.1) is 12.7 Å². The van der Waals surface area contributed by atoms with E-state index in [0.29, 0.717) is 0 Å². The van der Waals surface area contributed by atoms with Gasteiger partial charge in [-0.2, -0.15) is 0 Å². The Balaban J connectivity index is 1.98. The van der Waals surface area contributed by atoms with E-state index >= 15 is 0 Å². The SMILES string of the molecule is CNCC(OCC1CC1)c1cccc(Br)c1. The van der Waals surface area contributed by atoms with Gasteiger partial charge in [-0.05, 0) is 43.5 Å². The summed E-state index contributed by atoms with van der Waals surface area (Å²) < 4.78 is 7.08. The summed E-state index contributed by atoms with van der Waals surface area (Å²) in [7, 11) is 1.96. The zero-order chi connectivity index (χ0) is 11.4. The van der Waals surface area contributed by atoms with E-state index in [4.69, 9.17) is 4.74 Å². The van der Waals surface area contributed by atoms with Gasteiger partial charge in [0.1, 0.15) is 0 Å². The third kappa shape index (κ3) is 3.58. The molecule has 0 spiro atoms. The molecule has 1 fully saturated rings. The van der Waals surface area contributed by atoms with Crippen LogP contribution >= 0.6 is 15.9 Å². The van der Waals surface area contributed by atoms with Crippen LogP contribution in [0.25, 0.3) is 0 Å². The van der Waals surface area contributed by atoms with E-state index in [1.807, 2.05) is 13.1 Å². The Bertz CT molecular complexity index is 338. The third-order valence-electron chi connectivity index (χ3n) is 2.84. The molecule has 16 heavy (non-hydrogen) atoms. The second kappa shape index (κ2) is 5.80. The molecule has 2 nitrogen and oxygen atoms in total. The molecule has 0 aromatic heterocycles. The number of rotatable bonds is 6. The molecule has 0 amide bonds. The summed E-state index contributed by atoms with van der Waals surface area (Å²) in [5.41, 5.74) is 1.24. The maximum Gasteiger partial charge on any atom is 0.0949 e. The maximum atomic E-state index is 5.96. The predicted molar refractivity (Wildman–Crippen MR) is 69.5 cm³/mol. The van der Waals surface area contributed by atoms with Crippen LogP contribution in [0, 0.1) is 5.92 Å². The lowest BCUT2D eigenvalue weighted by atomic mass is 10.1. The highest BCUT2D eigenvalue weighted by molar-refractivity contribution is 9.10. The maximum absolute atomic E-state index is 5.96. The van der Waals surface area contributed by atoms with E-state index in [1.165, 1.54) is 18.4 Å². The van der Waals surface area contributed by atoms with Crippen molar-refractivity contribution in [2.24, 2.45) is 5.92 Å². The summed E-state index contributed by atoms with van der Waals surface area (Å²) in [6, 6.07) is 8.36. The van der Waals surface area contributed by atoms with E-state index in [-0.39, 0.29) is 6.10 Å². The minimum atomic E-state index is 0.170. The molecule has 0 aliphatic heterocycles. The van der Waals surface area contributed by atoms with Crippen LogP contribution in [0.3, 0.4) is 0 Å². The van der Waals surface area contributed by atoms with Gasteiger partial charge in [-0.1, -0.05) is 28.1 Å². The normalized spacial score (nSPS) is 17.4. The molecule has 1 N–H and O–H groups in total. The zero-order valence-corrected chi connectivity index (χ0v) is 11.2. The van der Waals surface area contributed by atoms with Gasteiger partial charge in [0.25, 0.3) is 0 Å². The summed E-state index contributed by atoms with van der Waals surface area (Å²) in [6.45, 7) is 1.77. The Morgan fingerprint density at radius 2 is 2.31 bits per heavy atom. The van der Waals surface area contributed by atoms with Gasteiger partial charge < -0.3 is 10.1 Å². The standard InChI is InChI=1S/C13H18BrNO/c1-15-8-13(16-9-10-5-6-10)11-3-2-4-12(14)7-11/h2-4,7,10,13,15H,5-6,8-9H2,1H3. The predicted octanol–water partition coefficient (Wildman–Crippen LogP) is 3.14. The number of ether oxygens (including phenoxy) is 1. The first-order chi connectivity index (χ1) is 7.79. The third-order valence-corrected chi connectivity index (χ3v) is 3.33. The Hall–Kier alpha value is -0.380. The minimum Gasteiger partial charge on any atom is -0.372 e. The molecule has 0 saturated heterocycles. The number of benzene rings is 1. The molecule has 1 aromatic rings. The Morgan fingerprint density at radius 3 is 2.94 bits per heavy atom. The van der Waals surface area contributed by atoms with Gasteiger partial charge in [0.15, 0.2) is 0 Å². The topological polar surface area (TPSA) is 21.3 Å². The fourth-order valence-corrected chi connectivity index (χ4v) is 2.12. The Labute approximate surface area is 106 Å². The monoisotopic (exact) mass is 283 g/mol. The van der Waals surface area contributed by atoms with E-state index < -0.39 is 0 Å². The Morgan fingerprint density at radius 1 is 1.50 bits per heavy atom. The summed E-state index contributed by atoms with van der Waals surface area (Å²) >= 11 is 3.50. The van der Waals surface area contributed by atoms with Gasteiger partial charge in [-0.25, -0.2) is 0 Å². The molecule has 0 radical (unpaired) electrons. The molecule has 1 atom stereocenters. The van der Waals surface area contributed by atoms with Gasteiger partial charge in [-0.3, -0.25) is 0 Å². The minimum absolute atomic E-state index is 0.170. The van der Waals surface area contributed by atoms with Gasteiger partial charge in [0, 0.05) is 11.0 Å². The molecule has 1 unspecified atom stereocenters. The van der Waals surface area contributed by atoms with Gasteiger partial charge in [0.2, 0.25) is 0 Å². The van der Waals surface area contributed by atoms with Crippen LogP contribution in [-0.2, 0) is 4.74 Å². The van der Waals surface area contributed by atoms with Crippen LogP contribution in [0.1, 0.15) is 24.5 Å². The fourth-order valence-electron chi connectivity index (χ4n) is 1.70. The number of hydrogen-bond donors (Lipinski definition) is 1. The van der Waals surface area contributed by atoms with Crippen molar-refractivity contribution in [3.63, 3.8) is 0 Å². The molecule has 3 heteroatoms. The molecule has 0 bridgehead atoms. The number of hydrogen-bond acceptors (Lipinski definition) is 2. The second-order valence-corrected chi connectivity index (χ2v) is 5.29. The summed E-state index contributed by atoms with van der Waals surface area (Å²) in [4.78, 5) is 0. The average Bonchev–Trinajstić information content (AvgIpc) is 3.08. The van der Waals surface area contributed by atoms with Crippen molar-refractivity contribution in [2.75, 3.05) is 20.2 Å². The lowest BCUT2D eigenvalue weighted by Gasteiger charge is -2.18. The number of likely N-dealkylation sites (N-methyl/N-ethyl adjacent to an activating group) is 1. The van der Waals surface area contributed by atoms with E-state index in [0.717, 1.165) is 23.5 Å². The van der Waals surface area contributed by atoms with Crippen molar-refractivity contribution < 1.29 is 4.74 Å². The van der Waals surface area contributed by atoms with E-state index in [1.54, 1.807) is 0 Å². The number of halogens is 1. The van der Waals surface area contributed by atoms with Crippen LogP contribution in [-0.4, -0.2) is 20.2 Å². The largest absolute Gasteiger partial charge is 0.372 e. The van der Waals surface area contributed by atoms with E-state index in [9.17, 15) is 0 Å². The quantitative estimate of drug-likeness (QED) is 0.866. The molecule has 1 aliphatic carbocycles. The highest BCUT2D eigenvalue weighted by Crippen LogP contribution is 2.31. The van der Waals surface area contributed by atoms with Crippen LogP contribution in [0.4, 0.5) is 0 Å². The van der Waals surface area contributed by atoms with Crippen LogP contribution < -0.4 is 5.32 Å². The van der Waals surface area contributed by atoms with Crippen molar-refractivity contribution in [3.8, 4) is 0 Å². The number of nitrogens with one attached hydrogen (secondary N) is 1. The van der Waals surface area contributed by atoms with E-state index in [2.05, 4.69) is 39.4 Å². The first kappa shape index (κ1) is 12.1. The highest BCUT2D eigenvalue weighted by atomic mass is 79.9. The zero-order valence-electron chi connectivity index (χ0n) is 9.58. The summed E-state index contributed by atoms with van der Waals surface area (Å²) in [5, 5.41) is 3.19. The molecule has 88 valence electrons. The van der Waals surface area contributed by atoms with Gasteiger partial charge in [-0.15, -0.1) is 0 Å². The first-order valence-electron chi connectivity index (χ1n) is 5.81. The van der Waals surface area contributed by atoms with Crippen LogP contribution in [0.5, 0.6) is 0 Å². The van der Waals surface area contributed by atoms with Crippen molar-refractivity contribution in [1.82, 2.24) is 5.32 Å². The van der Waals surface area contributed by atoms with Crippen molar-refractivity contribution >= 4 is 15.9 Å². The molecule has 0 heterocycles. The molecule has 1 saturated carbocycles. The van der Waals surface area contributed by atoms with Crippen LogP contribution in [0.2, 0.25) is 0 Å². The van der Waals surface area contributed by atoms with Crippen molar-refractivity contribution in [2.45, 2.75) is 18.9 Å². The molecular weight excluding hydrogens is 266 g/mol. The van der Waals surface area contributed by atoms with Crippen molar-refractivity contribution in [3.05, 3.63) is 34.3 Å². The Kier molecular flexibility index (Phi) is 4.38. The first-order valence-corrected chi connectivity index (χ1v) is 6.60. The van der Waals surface area contributed by atoms with Crippen LogP contribution in [0.15, 0.2) is 28.7 Å².